The summed E-state index contributed by atoms with van der Waals surface area (Å²) in [5.41, 5.74) is 7.92. The average Bonchev–Trinajstić information content (AvgIpc) is 2.69. The first-order valence-electron chi connectivity index (χ1n) is 5.39. The van der Waals surface area contributed by atoms with Crippen LogP contribution in [0.25, 0.3) is 0 Å². The van der Waals surface area contributed by atoms with Gasteiger partial charge in [-0.1, -0.05) is 0 Å². The summed E-state index contributed by atoms with van der Waals surface area (Å²) >= 11 is 1.96. The van der Waals surface area contributed by atoms with Gasteiger partial charge in [-0.15, -0.1) is 0 Å². The minimum Gasteiger partial charge on any atom is -0.324 e. The molecule has 0 bridgehead atoms. The fraction of sp³-hybridized carbons (Fsp3) is 0.636. The summed E-state index contributed by atoms with van der Waals surface area (Å²) in [5, 5.41) is 0.505. The predicted molar refractivity (Wildman–Crippen MR) is 63.8 cm³/mol. The lowest BCUT2D eigenvalue weighted by atomic mass is 10.1. The number of hydrogen-bond acceptors (Lipinski definition) is 4. The van der Waals surface area contributed by atoms with E-state index in [0.717, 1.165) is 17.1 Å². The second-order valence-electron chi connectivity index (χ2n) is 4.06. The van der Waals surface area contributed by atoms with Gasteiger partial charge in [-0.05, 0) is 32.4 Å². The van der Waals surface area contributed by atoms with Crippen LogP contribution < -0.4 is 5.73 Å². The Labute approximate surface area is 94.9 Å². The maximum atomic E-state index is 5.83. The van der Waals surface area contributed by atoms with Crippen LogP contribution in [0.15, 0.2) is 6.20 Å². The van der Waals surface area contributed by atoms with Crippen molar-refractivity contribution < 1.29 is 0 Å². The van der Waals surface area contributed by atoms with Crippen molar-refractivity contribution in [3.63, 3.8) is 0 Å². The lowest BCUT2D eigenvalue weighted by Crippen LogP contribution is -2.11. The SMILES string of the molecule is Cc1nc(C2CCCS2)ncc1C(C)N. The van der Waals surface area contributed by atoms with E-state index in [2.05, 4.69) is 9.97 Å². The molecular weight excluding hydrogens is 206 g/mol. The van der Waals surface area contributed by atoms with E-state index >= 15 is 0 Å². The Morgan fingerprint density at radius 1 is 1.60 bits per heavy atom. The molecule has 82 valence electrons. The average molecular weight is 223 g/mol. The summed E-state index contributed by atoms with van der Waals surface area (Å²) < 4.78 is 0. The third-order valence-electron chi connectivity index (χ3n) is 2.74. The van der Waals surface area contributed by atoms with Crippen LogP contribution in [-0.2, 0) is 0 Å². The molecule has 0 aliphatic carbocycles. The molecule has 1 aromatic rings. The maximum absolute atomic E-state index is 5.83. The Hall–Kier alpha value is -0.610. The van der Waals surface area contributed by atoms with Crippen molar-refractivity contribution >= 4 is 11.8 Å². The molecule has 2 N–H and O–H groups in total. The predicted octanol–water partition coefficient (Wildman–Crippen LogP) is 2.37. The minimum atomic E-state index is 0.0234. The topological polar surface area (TPSA) is 51.8 Å². The van der Waals surface area contributed by atoms with E-state index in [-0.39, 0.29) is 6.04 Å². The van der Waals surface area contributed by atoms with Crippen molar-refractivity contribution in [1.82, 2.24) is 9.97 Å². The van der Waals surface area contributed by atoms with Gasteiger partial charge in [0, 0.05) is 23.5 Å². The largest absolute Gasteiger partial charge is 0.324 e. The highest BCUT2D eigenvalue weighted by molar-refractivity contribution is 7.99. The third-order valence-corrected chi connectivity index (χ3v) is 4.12. The quantitative estimate of drug-likeness (QED) is 0.836. The molecule has 0 amide bonds. The smallest absolute Gasteiger partial charge is 0.141 e. The highest BCUT2D eigenvalue weighted by atomic mass is 32.2. The molecule has 0 saturated carbocycles. The molecule has 15 heavy (non-hydrogen) atoms. The van der Waals surface area contributed by atoms with Crippen molar-refractivity contribution in [1.29, 1.82) is 0 Å². The van der Waals surface area contributed by atoms with Gasteiger partial charge >= 0.3 is 0 Å². The number of aryl methyl sites for hydroxylation is 1. The molecule has 0 spiro atoms. The molecule has 1 saturated heterocycles. The zero-order valence-corrected chi connectivity index (χ0v) is 10.0. The van der Waals surface area contributed by atoms with Gasteiger partial charge in [-0.2, -0.15) is 11.8 Å². The molecule has 0 aromatic carbocycles. The molecule has 2 heterocycles. The van der Waals surface area contributed by atoms with Crippen molar-refractivity contribution in [3.05, 3.63) is 23.3 Å². The Kier molecular flexibility index (Phi) is 3.26. The maximum Gasteiger partial charge on any atom is 0.141 e. The van der Waals surface area contributed by atoms with Gasteiger partial charge < -0.3 is 5.73 Å². The molecule has 2 atom stereocenters. The first kappa shape index (κ1) is 10.9. The number of rotatable bonds is 2. The first-order chi connectivity index (χ1) is 7.18. The standard InChI is InChI=1S/C11H17N3S/c1-7(12)9-6-13-11(14-8(9)2)10-4-3-5-15-10/h6-7,10H,3-5,12H2,1-2H3. The molecule has 1 aromatic heterocycles. The fourth-order valence-electron chi connectivity index (χ4n) is 1.88. The molecule has 2 rings (SSSR count). The lowest BCUT2D eigenvalue weighted by molar-refractivity contribution is 0.740. The summed E-state index contributed by atoms with van der Waals surface area (Å²) in [6.45, 7) is 3.99. The Balaban J connectivity index is 2.24. The summed E-state index contributed by atoms with van der Waals surface area (Å²) in [6, 6.07) is 0.0234. The summed E-state index contributed by atoms with van der Waals surface area (Å²) in [6.07, 6.45) is 4.38. The Morgan fingerprint density at radius 3 is 2.93 bits per heavy atom. The van der Waals surface area contributed by atoms with E-state index in [4.69, 9.17) is 5.73 Å². The third kappa shape index (κ3) is 2.32. The number of nitrogens with two attached hydrogens (primary N) is 1. The van der Waals surface area contributed by atoms with E-state index in [1.54, 1.807) is 0 Å². The normalized spacial score (nSPS) is 23.0. The molecule has 1 aliphatic rings. The molecule has 1 fully saturated rings. The minimum absolute atomic E-state index is 0.0234. The van der Waals surface area contributed by atoms with Crippen LogP contribution in [-0.4, -0.2) is 15.7 Å². The molecule has 2 unspecified atom stereocenters. The van der Waals surface area contributed by atoms with Crippen LogP contribution in [0.2, 0.25) is 0 Å². The monoisotopic (exact) mass is 223 g/mol. The van der Waals surface area contributed by atoms with Crippen LogP contribution >= 0.6 is 11.8 Å². The van der Waals surface area contributed by atoms with Crippen LogP contribution in [0, 0.1) is 6.92 Å². The van der Waals surface area contributed by atoms with Crippen LogP contribution in [0.3, 0.4) is 0 Å². The van der Waals surface area contributed by atoms with Gasteiger partial charge in [0.05, 0.1) is 5.25 Å². The Morgan fingerprint density at radius 2 is 2.40 bits per heavy atom. The van der Waals surface area contributed by atoms with Gasteiger partial charge in [-0.25, -0.2) is 9.97 Å². The second-order valence-corrected chi connectivity index (χ2v) is 5.37. The number of hydrogen-bond donors (Lipinski definition) is 1. The van der Waals surface area contributed by atoms with Crippen LogP contribution in [0.1, 0.15) is 48.1 Å². The van der Waals surface area contributed by atoms with Crippen LogP contribution in [0.5, 0.6) is 0 Å². The summed E-state index contributed by atoms with van der Waals surface area (Å²) in [4.78, 5) is 9.00. The number of thioether (sulfide) groups is 1. The van der Waals surface area contributed by atoms with E-state index in [1.165, 1.54) is 18.6 Å². The van der Waals surface area contributed by atoms with Crippen molar-refractivity contribution in [3.8, 4) is 0 Å². The van der Waals surface area contributed by atoms with Crippen LogP contribution in [0.4, 0.5) is 0 Å². The lowest BCUT2D eigenvalue weighted by Gasteiger charge is -2.12. The van der Waals surface area contributed by atoms with Gasteiger partial charge in [0.25, 0.3) is 0 Å². The summed E-state index contributed by atoms with van der Waals surface area (Å²) in [5.74, 6) is 2.22. The van der Waals surface area contributed by atoms with Crippen molar-refractivity contribution in [2.75, 3.05) is 5.75 Å². The highest BCUT2D eigenvalue weighted by Crippen LogP contribution is 2.38. The van der Waals surface area contributed by atoms with Crippen molar-refractivity contribution in [2.24, 2.45) is 5.73 Å². The van der Waals surface area contributed by atoms with E-state index in [0.29, 0.717) is 5.25 Å². The van der Waals surface area contributed by atoms with Gasteiger partial charge in [0.2, 0.25) is 0 Å². The molecule has 3 nitrogen and oxygen atoms in total. The summed E-state index contributed by atoms with van der Waals surface area (Å²) in [7, 11) is 0. The zero-order chi connectivity index (χ0) is 10.8. The van der Waals surface area contributed by atoms with E-state index < -0.39 is 0 Å². The molecule has 0 radical (unpaired) electrons. The molecular formula is C11H17N3S. The van der Waals surface area contributed by atoms with E-state index in [1.807, 2.05) is 31.8 Å². The van der Waals surface area contributed by atoms with E-state index in [9.17, 15) is 0 Å². The molecule has 4 heteroatoms. The second kappa shape index (κ2) is 4.49. The molecule has 1 aliphatic heterocycles. The zero-order valence-electron chi connectivity index (χ0n) is 9.23. The van der Waals surface area contributed by atoms with Gasteiger partial charge in [-0.3, -0.25) is 0 Å². The Bertz CT molecular complexity index is 346. The fourth-order valence-corrected chi connectivity index (χ4v) is 3.09. The first-order valence-corrected chi connectivity index (χ1v) is 6.44. The van der Waals surface area contributed by atoms with Crippen molar-refractivity contribution in [2.45, 2.75) is 38.0 Å². The highest BCUT2D eigenvalue weighted by Gasteiger charge is 2.21. The number of nitrogens with zero attached hydrogens (tertiary/aromatic N) is 2. The van der Waals surface area contributed by atoms with Gasteiger partial charge in [0.1, 0.15) is 5.82 Å². The number of aromatic nitrogens is 2. The van der Waals surface area contributed by atoms with Gasteiger partial charge in [0.15, 0.2) is 0 Å².